The zero-order valence-electron chi connectivity index (χ0n) is 9.14. The van der Waals surface area contributed by atoms with Gasteiger partial charge in [-0.3, -0.25) is 0 Å². The Morgan fingerprint density at radius 1 is 1.36 bits per heavy atom. The minimum absolute atomic E-state index is 0.343. The smallest absolute Gasteiger partial charge is 0.00789 e. The molecule has 1 aliphatic rings. The van der Waals surface area contributed by atoms with E-state index in [4.69, 9.17) is 5.73 Å². The van der Waals surface area contributed by atoms with Crippen LogP contribution in [-0.4, -0.2) is 6.54 Å². The largest absolute Gasteiger partial charge is 0.330 e. The fourth-order valence-corrected chi connectivity index (χ4v) is 2.19. The van der Waals surface area contributed by atoms with Gasteiger partial charge < -0.3 is 5.73 Å². The van der Waals surface area contributed by atoms with E-state index in [1.807, 2.05) is 0 Å². The highest BCUT2D eigenvalue weighted by Crippen LogP contribution is 2.48. The lowest BCUT2D eigenvalue weighted by molar-refractivity contribution is 0.698. The van der Waals surface area contributed by atoms with E-state index < -0.39 is 0 Å². The number of aryl methyl sites for hydroxylation is 2. The van der Waals surface area contributed by atoms with Crippen LogP contribution < -0.4 is 5.73 Å². The Labute approximate surface area is 86.3 Å². The van der Waals surface area contributed by atoms with Crippen LogP contribution in [0.15, 0.2) is 18.2 Å². The van der Waals surface area contributed by atoms with Crippen molar-refractivity contribution in [3.8, 4) is 0 Å². The molecule has 1 saturated carbocycles. The molecule has 0 aromatic heterocycles. The fraction of sp³-hybridized carbons (Fsp3) is 0.538. The van der Waals surface area contributed by atoms with Gasteiger partial charge in [0, 0.05) is 12.0 Å². The first-order chi connectivity index (χ1) is 6.72. The molecular formula is C13H19N. The molecule has 2 N–H and O–H groups in total. The molecule has 2 rings (SSSR count). The van der Waals surface area contributed by atoms with Crippen LogP contribution in [0.5, 0.6) is 0 Å². The van der Waals surface area contributed by atoms with Gasteiger partial charge in [0.05, 0.1) is 0 Å². The predicted octanol–water partition coefficient (Wildman–Crippen LogP) is 2.55. The van der Waals surface area contributed by atoms with Crippen LogP contribution in [0.3, 0.4) is 0 Å². The first kappa shape index (κ1) is 9.72. The molecule has 1 fully saturated rings. The van der Waals surface area contributed by atoms with E-state index in [1.54, 1.807) is 0 Å². The van der Waals surface area contributed by atoms with Crippen molar-refractivity contribution in [3.63, 3.8) is 0 Å². The Morgan fingerprint density at radius 2 is 2.07 bits per heavy atom. The molecule has 0 spiro atoms. The highest BCUT2D eigenvalue weighted by atomic mass is 14.7. The molecule has 76 valence electrons. The fourth-order valence-electron chi connectivity index (χ4n) is 2.19. The van der Waals surface area contributed by atoms with Gasteiger partial charge >= 0.3 is 0 Å². The van der Waals surface area contributed by atoms with Crippen molar-refractivity contribution in [3.05, 3.63) is 34.9 Å². The zero-order valence-corrected chi connectivity index (χ0v) is 9.14. The van der Waals surface area contributed by atoms with Crippen LogP contribution in [0.4, 0.5) is 0 Å². The molecule has 0 saturated heterocycles. The van der Waals surface area contributed by atoms with Gasteiger partial charge in [0.25, 0.3) is 0 Å². The Kier molecular flexibility index (Phi) is 2.36. The van der Waals surface area contributed by atoms with Gasteiger partial charge in [0.15, 0.2) is 0 Å². The van der Waals surface area contributed by atoms with Gasteiger partial charge in [-0.05, 0) is 42.9 Å². The molecule has 0 unspecified atom stereocenters. The number of hydrogen-bond acceptors (Lipinski definition) is 1. The predicted molar refractivity (Wildman–Crippen MR) is 60.5 cm³/mol. The lowest BCUT2D eigenvalue weighted by Gasteiger charge is -2.17. The van der Waals surface area contributed by atoms with Crippen LogP contribution >= 0.6 is 0 Å². The number of nitrogens with two attached hydrogens (primary N) is 1. The van der Waals surface area contributed by atoms with E-state index >= 15 is 0 Å². The molecule has 1 heteroatoms. The second-order valence-corrected chi connectivity index (χ2v) is 4.49. The summed E-state index contributed by atoms with van der Waals surface area (Å²) in [6.07, 6.45) is 3.67. The highest BCUT2D eigenvalue weighted by molar-refractivity contribution is 5.41. The van der Waals surface area contributed by atoms with Crippen LogP contribution in [0.2, 0.25) is 0 Å². The normalized spacial score (nSPS) is 18.2. The zero-order chi connectivity index (χ0) is 10.2. The summed E-state index contributed by atoms with van der Waals surface area (Å²) in [5, 5.41) is 0. The third-order valence-corrected chi connectivity index (χ3v) is 3.53. The van der Waals surface area contributed by atoms with E-state index in [0.29, 0.717) is 5.41 Å². The summed E-state index contributed by atoms with van der Waals surface area (Å²) in [7, 11) is 0. The monoisotopic (exact) mass is 189 g/mol. The Hall–Kier alpha value is -0.820. The van der Waals surface area contributed by atoms with Crippen molar-refractivity contribution in [1.29, 1.82) is 0 Å². The molecular weight excluding hydrogens is 170 g/mol. The molecule has 1 aromatic carbocycles. The van der Waals surface area contributed by atoms with Gasteiger partial charge in [-0.2, -0.15) is 0 Å². The number of benzene rings is 1. The SMILES string of the molecule is CCc1ccc(C)c(C2(CN)CC2)c1. The minimum Gasteiger partial charge on any atom is -0.330 e. The summed E-state index contributed by atoms with van der Waals surface area (Å²) >= 11 is 0. The molecule has 0 aliphatic heterocycles. The molecule has 0 radical (unpaired) electrons. The topological polar surface area (TPSA) is 26.0 Å². The summed E-state index contributed by atoms with van der Waals surface area (Å²) in [4.78, 5) is 0. The molecule has 0 bridgehead atoms. The standard InChI is InChI=1S/C13H19N/c1-3-11-5-4-10(2)12(8-11)13(9-14)6-7-13/h4-5,8H,3,6-7,9,14H2,1-2H3. The van der Waals surface area contributed by atoms with Gasteiger partial charge in [-0.1, -0.05) is 25.1 Å². The van der Waals surface area contributed by atoms with E-state index in [2.05, 4.69) is 32.0 Å². The first-order valence-corrected chi connectivity index (χ1v) is 5.52. The highest BCUT2D eigenvalue weighted by Gasteiger charge is 2.43. The summed E-state index contributed by atoms with van der Waals surface area (Å²) in [5.41, 5.74) is 10.5. The molecule has 1 aromatic rings. The van der Waals surface area contributed by atoms with Crippen molar-refractivity contribution < 1.29 is 0 Å². The first-order valence-electron chi connectivity index (χ1n) is 5.52. The summed E-state index contributed by atoms with van der Waals surface area (Å²) < 4.78 is 0. The van der Waals surface area contributed by atoms with Crippen LogP contribution in [0, 0.1) is 6.92 Å². The third kappa shape index (κ3) is 1.46. The van der Waals surface area contributed by atoms with E-state index in [-0.39, 0.29) is 0 Å². The maximum Gasteiger partial charge on any atom is 0.00789 e. The molecule has 0 amide bonds. The average molecular weight is 189 g/mol. The van der Waals surface area contributed by atoms with Gasteiger partial charge in [0.1, 0.15) is 0 Å². The maximum absolute atomic E-state index is 5.86. The summed E-state index contributed by atoms with van der Waals surface area (Å²) in [6.45, 7) is 5.21. The Balaban J connectivity index is 2.41. The number of rotatable bonds is 3. The second kappa shape index (κ2) is 3.39. The van der Waals surface area contributed by atoms with Crippen LogP contribution in [-0.2, 0) is 11.8 Å². The van der Waals surface area contributed by atoms with Gasteiger partial charge in [0.2, 0.25) is 0 Å². The van der Waals surface area contributed by atoms with Crippen LogP contribution in [0.1, 0.15) is 36.5 Å². The third-order valence-electron chi connectivity index (χ3n) is 3.53. The molecule has 0 atom stereocenters. The van der Waals surface area contributed by atoms with Crippen molar-refractivity contribution in [1.82, 2.24) is 0 Å². The number of hydrogen-bond donors (Lipinski definition) is 1. The quantitative estimate of drug-likeness (QED) is 0.777. The second-order valence-electron chi connectivity index (χ2n) is 4.49. The Bertz CT molecular complexity index is 337. The summed E-state index contributed by atoms with van der Waals surface area (Å²) in [6, 6.07) is 6.82. The summed E-state index contributed by atoms with van der Waals surface area (Å²) in [5.74, 6) is 0. The van der Waals surface area contributed by atoms with Crippen molar-refractivity contribution in [2.24, 2.45) is 5.73 Å². The van der Waals surface area contributed by atoms with Crippen molar-refractivity contribution >= 4 is 0 Å². The molecule has 14 heavy (non-hydrogen) atoms. The van der Waals surface area contributed by atoms with E-state index in [9.17, 15) is 0 Å². The Morgan fingerprint density at radius 3 is 2.57 bits per heavy atom. The molecule has 0 heterocycles. The van der Waals surface area contributed by atoms with Gasteiger partial charge in [-0.15, -0.1) is 0 Å². The van der Waals surface area contributed by atoms with Gasteiger partial charge in [-0.25, -0.2) is 0 Å². The molecule has 1 aliphatic carbocycles. The lowest BCUT2D eigenvalue weighted by Crippen LogP contribution is -2.20. The van der Waals surface area contributed by atoms with E-state index in [1.165, 1.54) is 29.5 Å². The maximum atomic E-state index is 5.86. The van der Waals surface area contributed by atoms with Crippen molar-refractivity contribution in [2.75, 3.05) is 6.54 Å². The van der Waals surface area contributed by atoms with Crippen molar-refractivity contribution in [2.45, 2.75) is 38.5 Å². The minimum atomic E-state index is 0.343. The van der Waals surface area contributed by atoms with E-state index in [0.717, 1.165) is 13.0 Å². The average Bonchev–Trinajstić information content (AvgIpc) is 2.99. The van der Waals surface area contributed by atoms with Crippen LogP contribution in [0.25, 0.3) is 0 Å². The lowest BCUT2D eigenvalue weighted by atomic mass is 9.90. The molecule has 1 nitrogen and oxygen atoms in total.